The molecular weight excluding hydrogens is 353 g/mol. The molecular formula is C15H25Cl2N5O2. The predicted octanol–water partition coefficient (Wildman–Crippen LogP) is 0.770. The van der Waals surface area contributed by atoms with Gasteiger partial charge in [0.1, 0.15) is 5.82 Å². The van der Waals surface area contributed by atoms with Crippen molar-refractivity contribution in [2.75, 3.05) is 12.3 Å². The first kappa shape index (κ1) is 22.4. The molecule has 2 amide bonds. The maximum atomic E-state index is 12.3. The molecule has 1 aromatic rings. The number of halogens is 2. The number of carbonyl (C=O) groups excluding carboxylic acids is 2. The van der Waals surface area contributed by atoms with E-state index in [-0.39, 0.29) is 48.7 Å². The fourth-order valence-corrected chi connectivity index (χ4v) is 2.83. The number of hydrogen-bond donors (Lipinski definition) is 3. The van der Waals surface area contributed by atoms with Crippen LogP contribution < -0.4 is 16.8 Å². The number of rotatable bonds is 5. The standard InChI is InChI=1S/C15H23N5O2.2ClH/c1-9-11(5-6-13(16)19-9)8-18-15(22)10(2)20-7-3-4-12(20)14(17)21;;/h5-6,10,12H,3-4,7-8H2,1-2H3,(H2,16,19)(H2,17,21)(H,18,22);2*1H/t10-,12?;;/m0../s1. The lowest BCUT2D eigenvalue weighted by molar-refractivity contribution is -0.129. The van der Waals surface area contributed by atoms with Gasteiger partial charge >= 0.3 is 0 Å². The van der Waals surface area contributed by atoms with Crippen LogP contribution in [0.5, 0.6) is 0 Å². The highest BCUT2D eigenvalue weighted by Gasteiger charge is 2.35. The van der Waals surface area contributed by atoms with Crippen LogP contribution in [0.3, 0.4) is 0 Å². The van der Waals surface area contributed by atoms with Crippen molar-refractivity contribution >= 4 is 42.4 Å². The summed E-state index contributed by atoms with van der Waals surface area (Å²) in [5, 5.41) is 2.88. The van der Waals surface area contributed by atoms with Gasteiger partial charge in [-0.2, -0.15) is 0 Å². The molecule has 2 heterocycles. The maximum absolute atomic E-state index is 12.3. The zero-order valence-electron chi connectivity index (χ0n) is 13.8. The van der Waals surface area contributed by atoms with E-state index in [9.17, 15) is 9.59 Å². The maximum Gasteiger partial charge on any atom is 0.237 e. The van der Waals surface area contributed by atoms with Crippen LogP contribution in [0, 0.1) is 6.92 Å². The molecule has 9 heteroatoms. The lowest BCUT2D eigenvalue weighted by atomic mass is 10.1. The number of nitrogens with two attached hydrogens (primary N) is 2. The summed E-state index contributed by atoms with van der Waals surface area (Å²) >= 11 is 0. The SMILES string of the molecule is Cc1nc(N)ccc1CNC(=O)[C@H](C)N1CCCC1C(N)=O.Cl.Cl. The van der Waals surface area contributed by atoms with Gasteiger partial charge < -0.3 is 16.8 Å². The van der Waals surface area contributed by atoms with Gasteiger partial charge in [0.15, 0.2) is 0 Å². The Morgan fingerprint density at radius 1 is 1.42 bits per heavy atom. The lowest BCUT2D eigenvalue weighted by Crippen LogP contribution is -2.50. The average molecular weight is 378 g/mol. The van der Waals surface area contributed by atoms with Crippen LogP contribution in [-0.2, 0) is 16.1 Å². The van der Waals surface area contributed by atoms with Gasteiger partial charge in [0, 0.05) is 12.2 Å². The Bertz CT molecular complexity index is 585. The highest BCUT2D eigenvalue weighted by molar-refractivity contribution is 5.86. The number of nitrogens with one attached hydrogen (secondary N) is 1. The summed E-state index contributed by atoms with van der Waals surface area (Å²) in [6, 6.07) is 2.83. The second-order valence-electron chi connectivity index (χ2n) is 5.67. The number of amides is 2. The minimum atomic E-state index is -0.387. The van der Waals surface area contributed by atoms with Crippen molar-refractivity contribution in [3.8, 4) is 0 Å². The third-order valence-electron chi connectivity index (χ3n) is 4.17. The van der Waals surface area contributed by atoms with Crippen molar-refractivity contribution in [1.29, 1.82) is 0 Å². The molecule has 1 fully saturated rings. The fourth-order valence-electron chi connectivity index (χ4n) is 2.83. The topological polar surface area (TPSA) is 114 Å². The second-order valence-corrected chi connectivity index (χ2v) is 5.67. The molecule has 0 radical (unpaired) electrons. The number of carbonyl (C=O) groups is 2. The Morgan fingerprint density at radius 3 is 2.67 bits per heavy atom. The highest BCUT2D eigenvalue weighted by Crippen LogP contribution is 2.20. The molecule has 24 heavy (non-hydrogen) atoms. The summed E-state index contributed by atoms with van der Waals surface area (Å²) in [5.74, 6) is -0.0255. The Morgan fingerprint density at radius 2 is 2.08 bits per heavy atom. The van der Waals surface area contributed by atoms with Gasteiger partial charge in [0.05, 0.1) is 12.1 Å². The molecule has 1 aromatic heterocycles. The van der Waals surface area contributed by atoms with Crippen molar-refractivity contribution in [3.05, 3.63) is 23.4 Å². The van der Waals surface area contributed by atoms with Gasteiger partial charge in [-0.3, -0.25) is 14.5 Å². The van der Waals surface area contributed by atoms with E-state index in [4.69, 9.17) is 11.5 Å². The van der Waals surface area contributed by atoms with E-state index in [0.29, 0.717) is 25.3 Å². The van der Waals surface area contributed by atoms with Crippen molar-refractivity contribution in [2.45, 2.75) is 45.3 Å². The highest BCUT2D eigenvalue weighted by atomic mass is 35.5. The first-order chi connectivity index (χ1) is 10.4. The first-order valence-electron chi connectivity index (χ1n) is 7.45. The Labute approximate surface area is 154 Å². The summed E-state index contributed by atoms with van der Waals surface area (Å²) in [4.78, 5) is 29.8. The number of primary amides is 1. The minimum Gasteiger partial charge on any atom is -0.384 e. The summed E-state index contributed by atoms with van der Waals surface area (Å²) < 4.78 is 0. The summed E-state index contributed by atoms with van der Waals surface area (Å²) in [7, 11) is 0. The molecule has 2 rings (SSSR count). The molecule has 1 saturated heterocycles. The van der Waals surface area contributed by atoms with Gasteiger partial charge in [-0.05, 0) is 44.9 Å². The second kappa shape index (κ2) is 9.66. The predicted molar refractivity (Wildman–Crippen MR) is 98.1 cm³/mol. The van der Waals surface area contributed by atoms with E-state index in [1.165, 1.54) is 0 Å². The number of hydrogen-bond acceptors (Lipinski definition) is 5. The van der Waals surface area contributed by atoms with Crippen LogP contribution in [0.1, 0.15) is 31.0 Å². The molecule has 1 aliphatic heterocycles. The van der Waals surface area contributed by atoms with E-state index in [0.717, 1.165) is 17.7 Å². The van der Waals surface area contributed by atoms with E-state index in [1.807, 2.05) is 17.9 Å². The average Bonchev–Trinajstić information content (AvgIpc) is 2.94. The van der Waals surface area contributed by atoms with Crippen LogP contribution in [0.4, 0.5) is 5.82 Å². The summed E-state index contributed by atoms with van der Waals surface area (Å²) in [6.45, 7) is 4.75. The van der Waals surface area contributed by atoms with E-state index in [2.05, 4.69) is 10.3 Å². The zero-order chi connectivity index (χ0) is 16.3. The molecule has 0 spiro atoms. The molecule has 5 N–H and O–H groups in total. The number of aromatic nitrogens is 1. The molecule has 1 unspecified atom stereocenters. The number of pyridine rings is 1. The largest absolute Gasteiger partial charge is 0.384 e. The minimum absolute atomic E-state index is 0. The summed E-state index contributed by atoms with van der Waals surface area (Å²) in [6.07, 6.45) is 1.60. The molecule has 7 nitrogen and oxygen atoms in total. The van der Waals surface area contributed by atoms with Crippen LogP contribution in [0.25, 0.3) is 0 Å². The molecule has 0 aromatic carbocycles. The van der Waals surface area contributed by atoms with Gasteiger partial charge in [0.25, 0.3) is 0 Å². The van der Waals surface area contributed by atoms with Gasteiger partial charge in [-0.1, -0.05) is 6.07 Å². The van der Waals surface area contributed by atoms with Crippen LogP contribution in [0.2, 0.25) is 0 Å². The van der Waals surface area contributed by atoms with Crippen molar-refractivity contribution < 1.29 is 9.59 Å². The van der Waals surface area contributed by atoms with Crippen molar-refractivity contribution in [2.24, 2.45) is 5.73 Å². The monoisotopic (exact) mass is 377 g/mol. The number of anilines is 1. The van der Waals surface area contributed by atoms with Crippen molar-refractivity contribution in [1.82, 2.24) is 15.2 Å². The fraction of sp³-hybridized carbons (Fsp3) is 0.533. The first-order valence-corrected chi connectivity index (χ1v) is 7.45. The molecule has 0 saturated carbocycles. The van der Waals surface area contributed by atoms with Crippen LogP contribution in [0.15, 0.2) is 12.1 Å². The number of likely N-dealkylation sites (tertiary alicyclic amines) is 1. The van der Waals surface area contributed by atoms with Crippen molar-refractivity contribution in [3.63, 3.8) is 0 Å². The van der Waals surface area contributed by atoms with Gasteiger partial charge in [0.2, 0.25) is 11.8 Å². The molecule has 0 aliphatic carbocycles. The number of nitrogen functional groups attached to an aromatic ring is 1. The smallest absolute Gasteiger partial charge is 0.237 e. The van der Waals surface area contributed by atoms with Crippen LogP contribution in [-0.4, -0.2) is 40.3 Å². The summed E-state index contributed by atoms with van der Waals surface area (Å²) in [5.41, 5.74) is 12.7. The Hall–Kier alpha value is -1.57. The third-order valence-corrected chi connectivity index (χ3v) is 4.17. The van der Waals surface area contributed by atoms with E-state index < -0.39 is 0 Å². The van der Waals surface area contributed by atoms with E-state index >= 15 is 0 Å². The Kier molecular flexibility index (Phi) is 9.03. The molecule has 136 valence electrons. The van der Waals surface area contributed by atoms with Crippen LogP contribution >= 0.6 is 24.8 Å². The number of aryl methyl sites for hydroxylation is 1. The normalized spacial score (nSPS) is 18.2. The number of nitrogens with zero attached hydrogens (tertiary/aromatic N) is 2. The van der Waals surface area contributed by atoms with Gasteiger partial charge in [-0.15, -0.1) is 24.8 Å². The van der Waals surface area contributed by atoms with E-state index in [1.54, 1.807) is 13.0 Å². The molecule has 0 bridgehead atoms. The van der Waals surface area contributed by atoms with Gasteiger partial charge in [-0.25, -0.2) is 4.98 Å². The quantitative estimate of drug-likeness (QED) is 0.700. The lowest BCUT2D eigenvalue weighted by Gasteiger charge is -2.27. The Balaban J connectivity index is 0.00000264. The zero-order valence-corrected chi connectivity index (χ0v) is 15.5. The molecule has 2 atom stereocenters. The third kappa shape index (κ3) is 5.22. The molecule has 1 aliphatic rings.